The van der Waals surface area contributed by atoms with Crippen LogP contribution in [0, 0.1) is 0 Å². The summed E-state index contributed by atoms with van der Waals surface area (Å²) in [7, 11) is 0. The number of hydrogen-bond acceptors (Lipinski definition) is 5. The smallest absolute Gasteiger partial charge is 0.421 e. The molecule has 1 heterocycles. The van der Waals surface area contributed by atoms with Crippen molar-refractivity contribution >= 4 is 23.1 Å². The van der Waals surface area contributed by atoms with Crippen molar-refractivity contribution < 1.29 is 17.9 Å². The fourth-order valence-electron chi connectivity index (χ4n) is 2.33. The van der Waals surface area contributed by atoms with Gasteiger partial charge < -0.3 is 15.4 Å². The van der Waals surface area contributed by atoms with Crippen LogP contribution < -0.4 is 15.4 Å². The van der Waals surface area contributed by atoms with E-state index in [-0.39, 0.29) is 11.8 Å². The van der Waals surface area contributed by atoms with Gasteiger partial charge in [-0.2, -0.15) is 18.2 Å². The molecule has 5 nitrogen and oxygen atoms in total. The normalized spacial score (nSPS) is 11.1. The van der Waals surface area contributed by atoms with Crippen LogP contribution in [0.4, 0.5) is 36.3 Å². The van der Waals surface area contributed by atoms with Crippen LogP contribution in [0.5, 0.6) is 5.75 Å². The summed E-state index contributed by atoms with van der Waals surface area (Å²) in [6, 6.07) is 15.5. The van der Waals surface area contributed by atoms with Crippen molar-refractivity contribution in [3.05, 3.63) is 66.4 Å². The van der Waals surface area contributed by atoms with Crippen molar-refractivity contribution in [1.82, 2.24) is 9.97 Å². The van der Waals surface area contributed by atoms with Gasteiger partial charge in [0.1, 0.15) is 17.1 Å². The van der Waals surface area contributed by atoms with Gasteiger partial charge in [0, 0.05) is 17.6 Å². The molecule has 0 aliphatic heterocycles. The third-order valence-corrected chi connectivity index (χ3v) is 3.55. The van der Waals surface area contributed by atoms with Crippen molar-refractivity contribution in [3.8, 4) is 5.75 Å². The van der Waals surface area contributed by atoms with Crippen LogP contribution in [0.25, 0.3) is 0 Å². The second-order valence-electron chi connectivity index (χ2n) is 5.53. The van der Waals surface area contributed by atoms with Gasteiger partial charge in [0.25, 0.3) is 0 Å². The summed E-state index contributed by atoms with van der Waals surface area (Å²) in [6.07, 6.45) is -3.83. The van der Waals surface area contributed by atoms with Crippen LogP contribution in [0.2, 0.25) is 0 Å². The van der Waals surface area contributed by atoms with Crippen molar-refractivity contribution in [2.75, 3.05) is 17.2 Å². The van der Waals surface area contributed by atoms with Gasteiger partial charge in [-0.3, -0.25) is 0 Å². The first-order valence-corrected chi connectivity index (χ1v) is 8.22. The molecule has 0 unspecified atom stereocenters. The molecule has 0 saturated carbocycles. The molecular formula is C19H17F3N4O. The van der Waals surface area contributed by atoms with Gasteiger partial charge in [0.05, 0.1) is 6.61 Å². The number of halogens is 3. The number of hydrogen-bond donors (Lipinski definition) is 2. The van der Waals surface area contributed by atoms with Gasteiger partial charge in [-0.05, 0) is 43.3 Å². The van der Waals surface area contributed by atoms with E-state index in [4.69, 9.17) is 4.74 Å². The molecule has 0 spiro atoms. The maximum Gasteiger partial charge on any atom is 0.421 e. The van der Waals surface area contributed by atoms with Gasteiger partial charge >= 0.3 is 6.18 Å². The van der Waals surface area contributed by atoms with Gasteiger partial charge in [-0.15, -0.1) is 0 Å². The molecule has 1 aromatic heterocycles. The van der Waals surface area contributed by atoms with E-state index in [1.54, 1.807) is 48.5 Å². The third kappa shape index (κ3) is 4.87. The Hall–Kier alpha value is -3.29. The lowest BCUT2D eigenvalue weighted by Crippen LogP contribution is -2.12. The Morgan fingerprint density at radius 3 is 2.22 bits per heavy atom. The number of nitrogens with one attached hydrogen (secondary N) is 2. The first-order valence-electron chi connectivity index (χ1n) is 8.22. The van der Waals surface area contributed by atoms with Gasteiger partial charge in [-0.1, -0.05) is 18.2 Å². The molecule has 0 bridgehead atoms. The zero-order valence-corrected chi connectivity index (χ0v) is 14.4. The maximum atomic E-state index is 13.3. The minimum absolute atomic E-state index is 0.0580. The number of alkyl halides is 3. The zero-order valence-electron chi connectivity index (χ0n) is 14.4. The van der Waals surface area contributed by atoms with E-state index in [1.807, 2.05) is 13.0 Å². The molecule has 2 aromatic carbocycles. The lowest BCUT2D eigenvalue weighted by Gasteiger charge is -2.15. The topological polar surface area (TPSA) is 59.1 Å². The average molecular weight is 374 g/mol. The molecule has 3 aromatic rings. The van der Waals surface area contributed by atoms with E-state index in [2.05, 4.69) is 20.6 Å². The van der Waals surface area contributed by atoms with Crippen molar-refractivity contribution in [2.24, 2.45) is 0 Å². The van der Waals surface area contributed by atoms with Crippen molar-refractivity contribution in [1.29, 1.82) is 0 Å². The first-order chi connectivity index (χ1) is 13.0. The summed E-state index contributed by atoms with van der Waals surface area (Å²) in [4.78, 5) is 7.78. The Balaban J connectivity index is 1.89. The molecule has 27 heavy (non-hydrogen) atoms. The molecule has 0 fully saturated rings. The first kappa shape index (κ1) is 18.5. The molecule has 0 radical (unpaired) electrons. The van der Waals surface area contributed by atoms with E-state index < -0.39 is 11.7 Å². The quantitative estimate of drug-likeness (QED) is 0.606. The number of para-hydroxylation sites is 1. The Morgan fingerprint density at radius 2 is 1.59 bits per heavy atom. The third-order valence-electron chi connectivity index (χ3n) is 3.55. The molecule has 0 saturated heterocycles. The van der Waals surface area contributed by atoms with Crippen LogP contribution >= 0.6 is 0 Å². The molecule has 0 aliphatic carbocycles. The Kier molecular flexibility index (Phi) is 5.44. The van der Waals surface area contributed by atoms with Crippen LogP contribution in [0.3, 0.4) is 0 Å². The molecular weight excluding hydrogens is 357 g/mol. The highest BCUT2D eigenvalue weighted by atomic mass is 19.4. The van der Waals surface area contributed by atoms with Crippen LogP contribution in [-0.2, 0) is 6.18 Å². The van der Waals surface area contributed by atoms with E-state index in [9.17, 15) is 13.2 Å². The second kappa shape index (κ2) is 7.94. The minimum Gasteiger partial charge on any atom is -0.494 e. The van der Waals surface area contributed by atoms with E-state index in [0.29, 0.717) is 23.7 Å². The van der Waals surface area contributed by atoms with Crippen LogP contribution in [0.15, 0.2) is 60.8 Å². The second-order valence-corrected chi connectivity index (χ2v) is 5.53. The Morgan fingerprint density at radius 1 is 0.926 bits per heavy atom. The standard InChI is InChI=1S/C19H17F3N4O/c1-2-27-15-10-8-14(9-11-15)24-17-16(19(20,21)22)12-23-18(26-17)25-13-6-4-3-5-7-13/h3-12H,2H2,1H3,(H2,23,24,25,26). The van der Waals surface area contributed by atoms with Crippen LogP contribution in [0.1, 0.15) is 12.5 Å². The summed E-state index contributed by atoms with van der Waals surface area (Å²) in [5, 5.41) is 5.59. The Labute approximate surface area is 154 Å². The molecule has 3 rings (SSSR count). The molecule has 8 heteroatoms. The summed E-state index contributed by atoms with van der Waals surface area (Å²) < 4.78 is 45.3. The summed E-state index contributed by atoms with van der Waals surface area (Å²) in [5.74, 6) is 0.357. The highest BCUT2D eigenvalue weighted by Crippen LogP contribution is 2.35. The summed E-state index contributed by atoms with van der Waals surface area (Å²) in [5.41, 5.74) is 0.174. The van der Waals surface area contributed by atoms with Gasteiger partial charge in [-0.25, -0.2) is 4.98 Å². The monoisotopic (exact) mass is 374 g/mol. The van der Waals surface area contributed by atoms with Gasteiger partial charge in [0.15, 0.2) is 0 Å². The largest absolute Gasteiger partial charge is 0.494 e. The fraction of sp³-hybridized carbons (Fsp3) is 0.158. The highest BCUT2D eigenvalue weighted by molar-refractivity contribution is 5.63. The number of anilines is 4. The molecule has 0 amide bonds. The number of benzene rings is 2. The zero-order chi connectivity index (χ0) is 19.3. The average Bonchev–Trinajstić information content (AvgIpc) is 2.64. The lowest BCUT2D eigenvalue weighted by atomic mass is 10.2. The molecule has 2 N–H and O–H groups in total. The SMILES string of the molecule is CCOc1ccc(Nc2nc(Nc3ccccc3)ncc2C(F)(F)F)cc1. The molecule has 0 aliphatic rings. The lowest BCUT2D eigenvalue weighted by molar-refractivity contribution is -0.137. The maximum absolute atomic E-state index is 13.3. The minimum atomic E-state index is -4.58. The van der Waals surface area contributed by atoms with E-state index >= 15 is 0 Å². The Bertz CT molecular complexity index is 884. The van der Waals surface area contributed by atoms with Crippen molar-refractivity contribution in [2.45, 2.75) is 13.1 Å². The van der Waals surface area contributed by atoms with Gasteiger partial charge in [0.2, 0.25) is 5.95 Å². The number of aromatic nitrogens is 2. The van der Waals surface area contributed by atoms with Crippen LogP contribution in [-0.4, -0.2) is 16.6 Å². The van der Waals surface area contributed by atoms with E-state index in [0.717, 1.165) is 6.20 Å². The highest BCUT2D eigenvalue weighted by Gasteiger charge is 2.35. The number of rotatable bonds is 6. The predicted molar refractivity (Wildman–Crippen MR) is 97.7 cm³/mol. The summed E-state index contributed by atoms with van der Waals surface area (Å²) >= 11 is 0. The van der Waals surface area contributed by atoms with Crippen molar-refractivity contribution in [3.63, 3.8) is 0 Å². The fourth-order valence-corrected chi connectivity index (χ4v) is 2.33. The molecule has 140 valence electrons. The van der Waals surface area contributed by atoms with E-state index in [1.165, 1.54) is 0 Å². The summed E-state index contributed by atoms with van der Waals surface area (Å²) in [6.45, 7) is 2.36. The molecule has 0 atom stereocenters. The predicted octanol–water partition coefficient (Wildman–Crippen LogP) is 5.38. The number of ether oxygens (including phenoxy) is 1. The number of nitrogens with zero attached hydrogens (tertiary/aromatic N) is 2.